The zero-order valence-electron chi connectivity index (χ0n) is 16.3. The van der Waals surface area contributed by atoms with Gasteiger partial charge in [0.15, 0.2) is 0 Å². The van der Waals surface area contributed by atoms with Gasteiger partial charge in [-0.05, 0) is 54.1 Å². The lowest BCUT2D eigenvalue weighted by atomic mass is 10.2. The van der Waals surface area contributed by atoms with Crippen LogP contribution < -0.4 is 15.2 Å². The van der Waals surface area contributed by atoms with Crippen LogP contribution in [-0.4, -0.2) is 46.9 Å². The molecule has 10 nitrogen and oxygen atoms in total. The Morgan fingerprint density at radius 3 is 2.77 bits per heavy atom. The van der Waals surface area contributed by atoms with Crippen LogP contribution in [0.15, 0.2) is 52.5 Å². The number of para-hydroxylation sites is 2. The summed E-state index contributed by atoms with van der Waals surface area (Å²) in [4.78, 5) is 12.3. The highest BCUT2D eigenvalue weighted by atomic mass is 32.2. The van der Waals surface area contributed by atoms with Crippen LogP contribution in [0.1, 0.15) is 12.5 Å². The molecule has 0 saturated heterocycles. The minimum atomic E-state index is -3.88. The second kappa shape index (κ2) is 9.24. The Labute approximate surface area is 177 Å². The zero-order valence-corrected chi connectivity index (χ0v) is 17.9. The molecule has 0 aliphatic rings. The molecule has 3 aromatic rings. The van der Waals surface area contributed by atoms with E-state index in [2.05, 4.69) is 20.8 Å². The number of primary sulfonamides is 1. The maximum atomic E-state index is 12.4. The molecule has 0 aliphatic carbocycles. The number of hydrogen-bond acceptors (Lipinski definition) is 8. The maximum absolute atomic E-state index is 12.4. The first-order chi connectivity index (χ1) is 14.3. The standard InChI is InChI=1S/C18H20N6O4S2/c1-3-28-15-7-5-4-6-14(15)24-18(21-22-23-24)29-11-17(25)20-13-9-8-12(2)16(10-13)30(19,26)27/h4-10H,3,11H2,1-2H3,(H,20,25)(H2,19,26,27). The number of anilines is 1. The molecule has 0 spiro atoms. The van der Waals surface area contributed by atoms with Gasteiger partial charge in [0.2, 0.25) is 21.1 Å². The second-order valence-electron chi connectivity index (χ2n) is 6.14. The van der Waals surface area contributed by atoms with Crippen LogP contribution in [0.4, 0.5) is 5.69 Å². The van der Waals surface area contributed by atoms with Gasteiger partial charge in [-0.1, -0.05) is 30.0 Å². The Kier molecular flexibility index (Phi) is 6.70. The minimum absolute atomic E-state index is 0.00968. The summed E-state index contributed by atoms with van der Waals surface area (Å²) < 4.78 is 30.4. The third-order valence-electron chi connectivity index (χ3n) is 3.94. The van der Waals surface area contributed by atoms with Crippen molar-refractivity contribution in [3.63, 3.8) is 0 Å². The predicted octanol–water partition coefficient (Wildman–Crippen LogP) is 1.75. The van der Waals surface area contributed by atoms with Crippen molar-refractivity contribution in [1.82, 2.24) is 20.2 Å². The first-order valence-corrected chi connectivity index (χ1v) is 11.4. The Bertz CT molecular complexity index is 1160. The molecule has 0 aliphatic heterocycles. The number of amides is 1. The largest absolute Gasteiger partial charge is 0.492 e. The third kappa shape index (κ3) is 5.14. The molecular weight excluding hydrogens is 428 g/mol. The van der Waals surface area contributed by atoms with Crippen LogP contribution in [0.25, 0.3) is 5.69 Å². The van der Waals surface area contributed by atoms with Crippen molar-refractivity contribution >= 4 is 33.4 Å². The highest BCUT2D eigenvalue weighted by Gasteiger charge is 2.16. The number of carbonyl (C=O) groups excluding carboxylic acids is 1. The highest BCUT2D eigenvalue weighted by molar-refractivity contribution is 7.99. The summed E-state index contributed by atoms with van der Waals surface area (Å²) in [5.74, 6) is 0.279. The number of nitrogens with one attached hydrogen (secondary N) is 1. The number of hydrogen-bond donors (Lipinski definition) is 2. The van der Waals surface area contributed by atoms with Gasteiger partial charge < -0.3 is 10.1 Å². The van der Waals surface area contributed by atoms with E-state index in [4.69, 9.17) is 9.88 Å². The molecule has 1 amide bonds. The van der Waals surface area contributed by atoms with Gasteiger partial charge in [0, 0.05) is 5.69 Å². The van der Waals surface area contributed by atoms with E-state index in [0.29, 0.717) is 34.5 Å². The number of aryl methyl sites for hydroxylation is 1. The van der Waals surface area contributed by atoms with Gasteiger partial charge in [-0.15, -0.1) is 5.10 Å². The monoisotopic (exact) mass is 448 g/mol. The maximum Gasteiger partial charge on any atom is 0.238 e. The number of ether oxygens (including phenoxy) is 1. The Morgan fingerprint density at radius 1 is 1.27 bits per heavy atom. The summed E-state index contributed by atoms with van der Waals surface area (Å²) in [6, 6.07) is 11.8. The van der Waals surface area contributed by atoms with Gasteiger partial charge in [0.25, 0.3) is 0 Å². The molecule has 0 saturated carbocycles. The summed E-state index contributed by atoms with van der Waals surface area (Å²) in [6.07, 6.45) is 0. The molecule has 0 atom stereocenters. The number of thioether (sulfide) groups is 1. The molecule has 0 fully saturated rings. The summed E-state index contributed by atoms with van der Waals surface area (Å²) in [5.41, 5.74) is 1.48. The van der Waals surface area contributed by atoms with Crippen molar-refractivity contribution < 1.29 is 17.9 Å². The Hall–Kier alpha value is -2.96. The molecule has 30 heavy (non-hydrogen) atoms. The van der Waals surface area contributed by atoms with Crippen molar-refractivity contribution in [2.24, 2.45) is 5.14 Å². The SMILES string of the molecule is CCOc1ccccc1-n1nnnc1SCC(=O)Nc1ccc(C)c(S(N)(=O)=O)c1. The fraction of sp³-hybridized carbons (Fsp3) is 0.222. The summed E-state index contributed by atoms with van der Waals surface area (Å²) in [7, 11) is -3.88. The van der Waals surface area contributed by atoms with Crippen molar-refractivity contribution in [3.8, 4) is 11.4 Å². The average Bonchev–Trinajstić information content (AvgIpc) is 3.16. The van der Waals surface area contributed by atoms with Crippen LogP contribution in [0.2, 0.25) is 0 Å². The molecule has 158 valence electrons. The number of sulfonamides is 1. The topological polar surface area (TPSA) is 142 Å². The highest BCUT2D eigenvalue weighted by Crippen LogP contribution is 2.26. The molecule has 3 N–H and O–H groups in total. The smallest absolute Gasteiger partial charge is 0.238 e. The molecule has 1 heterocycles. The van der Waals surface area contributed by atoms with Crippen molar-refractivity contribution in [3.05, 3.63) is 48.0 Å². The fourth-order valence-corrected chi connectivity index (χ4v) is 4.13. The van der Waals surface area contributed by atoms with E-state index in [-0.39, 0.29) is 16.6 Å². The van der Waals surface area contributed by atoms with Crippen LogP contribution in [0.5, 0.6) is 5.75 Å². The van der Waals surface area contributed by atoms with Gasteiger partial charge in [-0.25, -0.2) is 13.6 Å². The molecule has 12 heteroatoms. The molecule has 2 aromatic carbocycles. The Balaban J connectivity index is 1.71. The average molecular weight is 449 g/mol. The number of nitrogens with zero attached hydrogens (tertiary/aromatic N) is 4. The molecule has 0 radical (unpaired) electrons. The lowest BCUT2D eigenvalue weighted by molar-refractivity contribution is -0.113. The van der Waals surface area contributed by atoms with E-state index in [9.17, 15) is 13.2 Å². The van der Waals surface area contributed by atoms with Crippen LogP contribution in [0.3, 0.4) is 0 Å². The van der Waals surface area contributed by atoms with Gasteiger partial charge in [-0.3, -0.25) is 4.79 Å². The lowest BCUT2D eigenvalue weighted by Crippen LogP contribution is -2.17. The first kappa shape index (κ1) is 21.7. The molecule has 0 bridgehead atoms. The zero-order chi connectivity index (χ0) is 21.7. The lowest BCUT2D eigenvalue weighted by Gasteiger charge is -2.11. The minimum Gasteiger partial charge on any atom is -0.492 e. The first-order valence-electron chi connectivity index (χ1n) is 8.86. The van der Waals surface area contributed by atoms with Crippen molar-refractivity contribution in [2.75, 3.05) is 17.7 Å². The third-order valence-corrected chi connectivity index (χ3v) is 5.92. The van der Waals surface area contributed by atoms with Crippen LogP contribution in [-0.2, 0) is 14.8 Å². The van der Waals surface area contributed by atoms with Gasteiger partial charge in [0.05, 0.1) is 17.3 Å². The van der Waals surface area contributed by atoms with Crippen molar-refractivity contribution in [2.45, 2.75) is 23.9 Å². The number of nitrogens with two attached hydrogens (primary N) is 1. The number of aromatic nitrogens is 4. The second-order valence-corrected chi connectivity index (χ2v) is 8.61. The predicted molar refractivity (Wildman–Crippen MR) is 112 cm³/mol. The van der Waals surface area contributed by atoms with Crippen molar-refractivity contribution in [1.29, 1.82) is 0 Å². The van der Waals surface area contributed by atoms with E-state index in [1.54, 1.807) is 19.1 Å². The molecule has 3 rings (SSSR count). The van der Waals surface area contributed by atoms with Crippen LogP contribution in [0, 0.1) is 6.92 Å². The Morgan fingerprint density at radius 2 is 2.03 bits per heavy atom. The number of benzene rings is 2. The summed E-state index contributed by atoms with van der Waals surface area (Å²) >= 11 is 1.13. The molecular formula is C18H20N6O4S2. The normalized spacial score (nSPS) is 11.3. The van der Waals surface area contributed by atoms with Gasteiger partial charge >= 0.3 is 0 Å². The number of rotatable bonds is 8. The van der Waals surface area contributed by atoms with Gasteiger partial charge in [-0.2, -0.15) is 4.68 Å². The van der Waals surface area contributed by atoms with Crippen LogP contribution >= 0.6 is 11.8 Å². The quantitative estimate of drug-likeness (QED) is 0.496. The van der Waals surface area contributed by atoms with E-state index >= 15 is 0 Å². The molecule has 0 unspecified atom stereocenters. The molecule has 1 aromatic heterocycles. The summed E-state index contributed by atoms with van der Waals surface area (Å²) in [6.45, 7) is 3.99. The van der Waals surface area contributed by atoms with E-state index in [1.807, 2.05) is 31.2 Å². The fourth-order valence-electron chi connectivity index (χ4n) is 2.64. The number of tetrazole rings is 1. The van der Waals surface area contributed by atoms with E-state index < -0.39 is 10.0 Å². The van der Waals surface area contributed by atoms with E-state index in [1.165, 1.54) is 10.7 Å². The van der Waals surface area contributed by atoms with E-state index in [0.717, 1.165) is 11.8 Å². The number of carbonyl (C=O) groups is 1. The van der Waals surface area contributed by atoms with Gasteiger partial charge in [0.1, 0.15) is 11.4 Å². The summed E-state index contributed by atoms with van der Waals surface area (Å²) in [5, 5.41) is 19.9.